The summed E-state index contributed by atoms with van der Waals surface area (Å²) in [6.45, 7) is 7.02. The monoisotopic (exact) mass is 622 g/mol. The molecule has 2 N–H and O–H groups in total. The third-order valence-corrected chi connectivity index (χ3v) is 12.8. The maximum Gasteiger partial charge on any atom is 0.308 e. The lowest BCUT2D eigenvalue weighted by Gasteiger charge is -2.47. The van der Waals surface area contributed by atoms with Gasteiger partial charge in [0.05, 0.1) is 37.0 Å². The zero-order valence-corrected chi connectivity index (χ0v) is 26.7. The predicted molar refractivity (Wildman–Crippen MR) is 165 cm³/mol. The third kappa shape index (κ3) is 6.18. The summed E-state index contributed by atoms with van der Waals surface area (Å²) < 4.78 is 14.0. The van der Waals surface area contributed by atoms with E-state index < -0.39 is 5.97 Å². The average Bonchev–Trinajstić information content (AvgIpc) is 3.62. The van der Waals surface area contributed by atoms with Crippen LogP contribution in [-0.2, 0) is 33.7 Å². The second kappa shape index (κ2) is 13.1. The van der Waals surface area contributed by atoms with Crippen LogP contribution in [0.2, 0.25) is 0 Å². The van der Waals surface area contributed by atoms with Crippen LogP contribution < -0.4 is 10.9 Å². The number of thioether (sulfide) groups is 1. The van der Waals surface area contributed by atoms with Crippen LogP contribution in [0.15, 0.2) is 4.79 Å². The first-order valence-electron chi connectivity index (χ1n) is 16.0. The Morgan fingerprint density at radius 2 is 2.05 bits per heavy atom. The molecule has 0 radical (unpaired) electrons. The smallest absolute Gasteiger partial charge is 0.308 e. The standard InChI is InChI=1S/C31H47ClN4O5S/c1-17-12-23(29-28(33-17)25(16-42-29)31(38)39)22-13-19(32)4-7-27(22)41-11-10-36-18(2)34-26-6-5-20(14-24(26)30(36)37)35-9-8-21(15-35)40-3/h17,19-23,25,27-29,33H,4-16H2,1-3H3,(H,38,39)/t17?,19?,20-,21-,22?,23?,25?,27?,28?,29?/m1/s1. The molecule has 0 aromatic carbocycles. The molecule has 8 unspecified atom stereocenters. The Labute approximate surface area is 258 Å². The molecule has 3 saturated heterocycles. The van der Waals surface area contributed by atoms with Crippen molar-refractivity contribution < 1.29 is 19.4 Å². The average molecular weight is 623 g/mol. The van der Waals surface area contributed by atoms with Gasteiger partial charge in [-0.3, -0.25) is 19.1 Å². The summed E-state index contributed by atoms with van der Waals surface area (Å²) in [5.41, 5.74) is 1.93. The van der Waals surface area contributed by atoms with Crippen molar-refractivity contribution in [3.63, 3.8) is 0 Å². The number of fused-ring (bicyclic) bond motifs is 2. The number of aliphatic carboxylic acids is 1. The van der Waals surface area contributed by atoms with Crippen molar-refractivity contribution in [3.8, 4) is 0 Å². The number of rotatable bonds is 8. The van der Waals surface area contributed by atoms with E-state index in [4.69, 9.17) is 26.1 Å². The van der Waals surface area contributed by atoms with Gasteiger partial charge in [0.15, 0.2) is 0 Å². The van der Waals surface area contributed by atoms with E-state index in [0.29, 0.717) is 37.0 Å². The lowest BCUT2D eigenvalue weighted by molar-refractivity contribution is -0.142. The van der Waals surface area contributed by atoms with Crippen LogP contribution in [0.5, 0.6) is 0 Å². The second-order valence-electron chi connectivity index (χ2n) is 13.3. The first kappa shape index (κ1) is 30.8. The van der Waals surface area contributed by atoms with Gasteiger partial charge in [0.2, 0.25) is 0 Å². The highest BCUT2D eigenvalue weighted by atomic mass is 35.5. The minimum Gasteiger partial charge on any atom is -0.481 e. The van der Waals surface area contributed by atoms with Gasteiger partial charge in [-0.05, 0) is 77.0 Å². The number of hydrogen-bond donors (Lipinski definition) is 2. The maximum absolute atomic E-state index is 13.7. The second-order valence-corrected chi connectivity index (χ2v) is 15.1. The summed E-state index contributed by atoms with van der Waals surface area (Å²) >= 11 is 8.54. The van der Waals surface area contributed by atoms with Gasteiger partial charge in [-0.15, -0.1) is 11.6 Å². The fourth-order valence-corrected chi connectivity index (χ4v) is 10.7. The van der Waals surface area contributed by atoms with E-state index in [1.165, 1.54) is 0 Å². The number of nitrogens with zero attached hydrogens (tertiary/aromatic N) is 3. The molecule has 9 nitrogen and oxygen atoms in total. The summed E-state index contributed by atoms with van der Waals surface area (Å²) in [4.78, 5) is 33.1. The summed E-state index contributed by atoms with van der Waals surface area (Å²) in [6.07, 6.45) is 7.77. The molecule has 1 aromatic heterocycles. The van der Waals surface area contributed by atoms with Crippen LogP contribution in [0.3, 0.4) is 0 Å². The minimum atomic E-state index is -0.701. The van der Waals surface area contributed by atoms with E-state index in [2.05, 4.69) is 17.1 Å². The Balaban J connectivity index is 1.13. The quantitative estimate of drug-likeness (QED) is 0.423. The Bertz CT molecular complexity index is 1200. The Hall–Kier alpha value is -1.17. The number of alkyl halides is 1. The normalized spacial score (nSPS) is 38.8. The molecule has 1 aromatic rings. The molecule has 234 valence electrons. The predicted octanol–water partition coefficient (Wildman–Crippen LogP) is 3.11. The molecule has 11 heteroatoms. The third-order valence-electron chi connectivity index (χ3n) is 10.8. The van der Waals surface area contributed by atoms with Crippen molar-refractivity contribution >= 4 is 29.3 Å². The van der Waals surface area contributed by atoms with Crippen molar-refractivity contribution in [1.82, 2.24) is 19.8 Å². The Morgan fingerprint density at radius 3 is 2.81 bits per heavy atom. The van der Waals surface area contributed by atoms with E-state index >= 15 is 0 Å². The summed E-state index contributed by atoms with van der Waals surface area (Å²) in [7, 11) is 1.79. The van der Waals surface area contributed by atoms with Crippen LogP contribution in [0, 0.1) is 24.7 Å². The van der Waals surface area contributed by atoms with Crippen molar-refractivity contribution in [2.24, 2.45) is 17.8 Å². The first-order valence-corrected chi connectivity index (χ1v) is 17.4. The van der Waals surface area contributed by atoms with E-state index in [-0.39, 0.29) is 46.2 Å². The highest BCUT2D eigenvalue weighted by Crippen LogP contribution is 2.48. The number of aromatic nitrogens is 2. The number of piperidine rings is 1. The summed E-state index contributed by atoms with van der Waals surface area (Å²) in [5.74, 6) is 1.02. The van der Waals surface area contributed by atoms with Gasteiger partial charge in [0.25, 0.3) is 5.56 Å². The molecule has 6 rings (SSSR count). The highest BCUT2D eigenvalue weighted by Gasteiger charge is 2.51. The Morgan fingerprint density at radius 1 is 1.21 bits per heavy atom. The number of methoxy groups -OCH3 is 1. The highest BCUT2D eigenvalue weighted by molar-refractivity contribution is 8.00. The molecule has 3 aliphatic heterocycles. The number of carbonyl (C=O) groups is 1. The van der Waals surface area contributed by atoms with Crippen molar-refractivity contribution in [2.75, 3.05) is 32.6 Å². The molecule has 0 amide bonds. The number of likely N-dealkylation sites (tertiary alicyclic amines) is 1. The first-order chi connectivity index (χ1) is 20.2. The number of nitrogens with one attached hydrogen (secondary N) is 1. The zero-order chi connectivity index (χ0) is 29.5. The Kier molecular flexibility index (Phi) is 9.58. The molecule has 4 fully saturated rings. The SMILES string of the molecule is CO[C@@H]1CCN([C@@H]2CCc3nc(C)n(CCOC4CCC(Cl)CC4C4CC(C)NC5C(C(=O)O)CSC45)c(=O)c3C2)C1. The van der Waals surface area contributed by atoms with Crippen LogP contribution >= 0.6 is 23.4 Å². The molecule has 10 atom stereocenters. The molecule has 0 spiro atoms. The van der Waals surface area contributed by atoms with Gasteiger partial charge >= 0.3 is 5.97 Å². The van der Waals surface area contributed by atoms with Crippen molar-refractivity contribution in [2.45, 2.75) is 113 Å². The molecular formula is C31H47ClN4O5S. The fraction of sp³-hybridized carbons (Fsp3) is 0.839. The lowest BCUT2D eigenvalue weighted by Crippen LogP contribution is -2.57. The molecular weight excluding hydrogens is 576 g/mol. The number of aryl methyl sites for hydroxylation is 2. The number of carboxylic acid groups (broad SMARTS) is 1. The molecule has 4 heterocycles. The van der Waals surface area contributed by atoms with Gasteiger partial charge in [-0.2, -0.15) is 11.8 Å². The molecule has 42 heavy (non-hydrogen) atoms. The fourth-order valence-electron chi connectivity index (χ4n) is 8.57. The number of hydrogen-bond acceptors (Lipinski definition) is 8. The van der Waals surface area contributed by atoms with Crippen molar-refractivity contribution in [3.05, 3.63) is 27.4 Å². The van der Waals surface area contributed by atoms with E-state index in [9.17, 15) is 14.7 Å². The van der Waals surface area contributed by atoms with Gasteiger partial charge in [-0.25, -0.2) is 4.98 Å². The maximum atomic E-state index is 13.7. The van der Waals surface area contributed by atoms with Gasteiger partial charge in [-0.1, -0.05) is 0 Å². The van der Waals surface area contributed by atoms with Gasteiger partial charge in [0.1, 0.15) is 5.82 Å². The number of ether oxygens (including phenoxy) is 2. The van der Waals surface area contributed by atoms with E-state index in [0.717, 1.165) is 81.5 Å². The van der Waals surface area contributed by atoms with E-state index in [1.54, 1.807) is 7.11 Å². The van der Waals surface area contributed by atoms with Crippen molar-refractivity contribution in [1.29, 1.82) is 0 Å². The van der Waals surface area contributed by atoms with Crippen LogP contribution in [-0.4, -0.2) is 99.0 Å². The lowest BCUT2D eigenvalue weighted by atomic mass is 9.70. The summed E-state index contributed by atoms with van der Waals surface area (Å²) in [6, 6.07) is 0.627. The topological polar surface area (TPSA) is 106 Å². The van der Waals surface area contributed by atoms with Gasteiger partial charge in [0, 0.05) is 60.3 Å². The van der Waals surface area contributed by atoms with Crippen LogP contribution in [0.4, 0.5) is 0 Å². The van der Waals surface area contributed by atoms with Gasteiger partial charge < -0.3 is 19.9 Å². The zero-order valence-electron chi connectivity index (χ0n) is 25.2. The largest absolute Gasteiger partial charge is 0.481 e. The molecule has 2 aliphatic carbocycles. The summed E-state index contributed by atoms with van der Waals surface area (Å²) in [5, 5.41) is 13.8. The number of carboxylic acids is 1. The number of halogens is 1. The molecule has 5 aliphatic rings. The molecule has 0 bridgehead atoms. The molecule has 1 saturated carbocycles. The van der Waals surface area contributed by atoms with Crippen LogP contribution in [0.25, 0.3) is 0 Å². The van der Waals surface area contributed by atoms with Crippen LogP contribution in [0.1, 0.15) is 62.5 Å². The minimum absolute atomic E-state index is 0.00910. The van der Waals surface area contributed by atoms with E-state index in [1.807, 2.05) is 23.3 Å².